The molecule has 0 saturated carbocycles. The van der Waals surface area contributed by atoms with Crippen molar-refractivity contribution in [2.24, 2.45) is 0 Å². The Bertz CT molecular complexity index is 431. The third-order valence-electron chi connectivity index (χ3n) is 1.81. The molecule has 0 fully saturated rings. The fourth-order valence-corrected chi connectivity index (χ4v) is 1.24. The molecule has 0 unspecified atom stereocenters. The van der Waals surface area contributed by atoms with Gasteiger partial charge in [-0.05, 0) is 12.1 Å². The van der Waals surface area contributed by atoms with Gasteiger partial charge in [0, 0.05) is 5.39 Å². The number of furan rings is 1. The Morgan fingerprint density at radius 1 is 1.33 bits per heavy atom. The van der Waals surface area contributed by atoms with Gasteiger partial charge in [0.15, 0.2) is 12.0 Å². The first kappa shape index (κ1) is 7.16. The quantitative estimate of drug-likeness (QED) is 0.446. The summed E-state index contributed by atoms with van der Waals surface area (Å²) >= 11 is 0. The molecule has 0 amide bonds. The Kier molecular flexibility index (Phi) is 1.50. The van der Waals surface area contributed by atoms with Gasteiger partial charge in [-0.1, -0.05) is 17.6 Å². The molecular weight excluding hydrogens is 151 g/mol. The SMILES string of the molecule is Bc1ccc2oc(C=O)cc2c1. The van der Waals surface area contributed by atoms with Crippen molar-refractivity contribution in [1.29, 1.82) is 0 Å². The minimum Gasteiger partial charge on any atom is -0.453 e. The molecule has 1 aromatic carbocycles. The summed E-state index contributed by atoms with van der Waals surface area (Å²) in [4.78, 5) is 10.4. The average molecular weight is 158 g/mol. The lowest BCUT2D eigenvalue weighted by Crippen LogP contribution is -1.98. The number of hydrogen-bond donors (Lipinski definition) is 0. The van der Waals surface area contributed by atoms with E-state index in [1.165, 1.54) is 5.46 Å². The van der Waals surface area contributed by atoms with Gasteiger partial charge in [0.2, 0.25) is 0 Å². The number of benzene rings is 1. The Morgan fingerprint density at radius 3 is 2.92 bits per heavy atom. The van der Waals surface area contributed by atoms with Gasteiger partial charge in [-0.25, -0.2) is 0 Å². The number of hydrogen-bond acceptors (Lipinski definition) is 2. The maximum atomic E-state index is 10.4. The van der Waals surface area contributed by atoms with Gasteiger partial charge in [0.1, 0.15) is 13.4 Å². The number of rotatable bonds is 1. The lowest BCUT2D eigenvalue weighted by molar-refractivity contribution is 0.110. The fraction of sp³-hybridized carbons (Fsp3) is 0. The third-order valence-corrected chi connectivity index (χ3v) is 1.81. The topological polar surface area (TPSA) is 30.2 Å². The van der Waals surface area contributed by atoms with Crippen LogP contribution in [-0.4, -0.2) is 14.1 Å². The Hall–Kier alpha value is -1.51. The second-order valence-corrected chi connectivity index (χ2v) is 2.81. The third kappa shape index (κ3) is 1.03. The van der Waals surface area contributed by atoms with Crippen molar-refractivity contribution in [2.45, 2.75) is 0 Å². The van der Waals surface area contributed by atoms with E-state index in [0.29, 0.717) is 5.76 Å². The zero-order valence-corrected chi connectivity index (χ0v) is 6.70. The minimum atomic E-state index is 0.385. The summed E-state index contributed by atoms with van der Waals surface area (Å²) in [6, 6.07) is 7.57. The van der Waals surface area contributed by atoms with E-state index in [2.05, 4.69) is 0 Å². The predicted molar refractivity (Wildman–Crippen MR) is 49.8 cm³/mol. The van der Waals surface area contributed by atoms with E-state index in [1.54, 1.807) is 6.07 Å². The van der Waals surface area contributed by atoms with Crippen molar-refractivity contribution >= 4 is 30.6 Å². The normalized spacial score (nSPS) is 10.3. The number of aldehydes is 1. The zero-order chi connectivity index (χ0) is 8.55. The molecule has 1 heterocycles. The molecule has 0 atom stereocenters. The van der Waals surface area contributed by atoms with Crippen molar-refractivity contribution in [2.75, 3.05) is 0 Å². The summed E-state index contributed by atoms with van der Waals surface area (Å²) in [5.74, 6) is 0.385. The van der Waals surface area contributed by atoms with Gasteiger partial charge < -0.3 is 4.42 Å². The molecule has 2 nitrogen and oxygen atoms in total. The van der Waals surface area contributed by atoms with Crippen molar-refractivity contribution < 1.29 is 9.21 Å². The minimum absolute atomic E-state index is 0.385. The van der Waals surface area contributed by atoms with Crippen LogP contribution in [0, 0.1) is 0 Å². The van der Waals surface area contributed by atoms with E-state index in [9.17, 15) is 4.79 Å². The van der Waals surface area contributed by atoms with Crippen LogP contribution >= 0.6 is 0 Å². The molecule has 2 aromatic rings. The first-order chi connectivity index (χ1) is 5.79. The summed E-state index contributed by atoms with van der Waals surface area (Å²) in [5, 5.41) is 0.983. The van der Waals surface area contributed by atoms with E-state index < -0.39 is 0 Å². The van der Waals surface area contributed by atoms with E-state index >= 15 is 0 Å². The molecule has 1 aromatic heterocycles. The van der Waals surface area contributed by atoms with Crippen LogP contribution in [0.25, 0.3) is 11.0 Å². The lowest BCUT2D eigenvalue weighted by Gasteiger charge is -1.89. The Balaban J connectivity index is 2.75. The molecule has 0 aliphatic carbocycles. The molecule has 0 spiro atoms. The highest BCUT2D eigenvalue weighted by atomic mass is 16.3. The monoisotopic (exact) mass is 158 g/mol. The van der Waals surface area contributed by atoms with Crippen LogP contribution in [0.5, 0.6) is 0 Å². The van der Waals surface area contributed by atoms with E-state index in [1.807, 2.05) is 26.0 Å². The van der Waals surface area contributed by atoms with Gasteiger partial charge in [0.25, 0.3) is 0 Å². The van der Waals surface area contributed by atoms with Crippen LogP contribution in [0.15, 0.2) is 28.7 Å². The number of fused-ring (bicyclic) bond motifs is 1. The molecule has 12 heavy (non-hydrogen) atoms. The summed E-state index contributed by atoms with van der Waals surface area (Å²) in [7, 11) is 2.01. The zero-order valence-electron chi connectivity index (χ0n) is 6.70. The van der Waals surface area contributed by atoms with Gasteiger partial charge in [0.05, 0.1) is 0 Å². The Labute approximate surface area is 70.6 Å². The second kappa shape index (κ2) is 2.52. The highest BCUT2D eigenvalue weighted by Crippen LogP contribution is 2.15. The predicted octanol–water partition coefficient (Wildman–Crippen LogP) is 0.504. The van der Waals surface area contributed by atoms with Gasteiger partial charge >= 0.3 is 0 Å². The largest absolute Gasteiger partial charge is 0.453 e. The molecule has 0 aliphatic heterocycles. The summed E-state index contributed by atoms with van der Waals surface area (Å²) in [6.07, 6.45) is 0.718. The van der Waals surface area contributed by atoms with Crippen LogP contribution in [-0.2, 0) is 0 Å². The molecule has 0 bridgehead atoms. The maximum Gasteiger partial charge on any atom is 0.185 e. The molecule has 58 valence electrons. The van der Waals surface area contributed by atoms with Crippen molar-refractivity contribution in [3.63, 3.8) is 0 Å². The summed E-state index contributed by atoms with van der Waals surface area (Å²) < 4.78 is 5.20. The van der Waals surface area contributed by atoms with Gasteiger partial charge in [-0.3, -0.25) is 4.79 Å². The molecule has 2 rings (SSSR count). The van der Waals surface area contributed by atoms with Crippen molar-refractivity contribution in [3.05, 3.63) is 30.0 Å². The summed E-state index contributed by atoms with van der Waals surface area (Å²) in [5.41, 5.74) is 1.93. The van der Waals surface area contributed by atoms with E-state index in [-0.39, 0.29) is 0 Å². The first-order valence-corrected chi connectivity index (χ1v) is 3.75. The van der Waals surface area contributed by atoms with E-state index in [4.69, 9.17) is 4.42 Å². The highest BCUT2D eigenvalue weighted by molar-refractivity contribution is 6.33. The summed E-state index contributed by atoms with van der Waals surface area (Å²) in [6.45, 7) is 0. The maximum absolute atomic E-state index is 10.4. The second-order valence-electron chi connectivity index (χ2n) is 2.81. The number of carbonyl (C=O) groups is 1. The van der Waals surface area contributed by atoms with Crippen LogP contribution in [0.1, 0.15) is 10.6 Å². The van der Waals surface area contributed by atoms with Crippen LogP contribution in [0.2, 0.25) is 0 Å². The smallest absolute Gasteiger partial charge is 0.185 e. The molecular formula is C9H7BO2. The molecule has 0 radical (unpaired) electrons. The van der Waals surface area contributed by atoms with Crippen molar-refractivity contribution in [1.82, 2.24) is 0 Å². The van der Waals surface area contributed by atoms with Crippen LogP contribution < -0.4 is 5.46 Å². The molecule has 3 heteroatoms. The molecule has 0 N–H and O–H groups in total. The standard InChI is InChI=1S/C9H7BO2/c10-7-1-2-9-6(3-7)4-8(5-11)12-9/h1-5H,10H2. The van der Waals surface area contributed by atoms with Gasteiger partial charge in [-0.2, -0.15) is 0 Å². The van der Waals surface area contributed by atoms with Crippen LogP contribution in [0.4, 0.5) is 0 Å². The van der Waals surface area contributed by atoms with Crippen molar-refractivity contribution in [3.8, 4) is 0 Å². The average Bonchev–Trinajstić information content (AvgIpc) is 2.46. The van der Waals surface area contributed by atoms with Gasteiger partial charge in [-0.15, -0.1) is 0 Å². The molecule has 0 saturated heterocycles. The van der Waals surface area contributed by atoms with Crippen LogP contribution in [0.3, 0.4) is 0 Å². The fourth-order valence-electron chi connectivity index (χ4n) is 1.24. The first-order valence-electron chi connectivity index (χ1n) is 3.75. The number of carbonyl (C=O) groups excluding carboxylic acids is 1. The lowest BCUT2D eigenvalue weighted by atomic mass is 9.95. The van der Waals surface area contributed by atoms with E-state index in [0.717, 1.165) is 17.3 Å². The molecule has 0 aliphatic rings. The Morgan fingerprint density at radius 2 is 2.17 bits per heavy atom. The highest BCUT2D eigenvalue weighted by Gasteiger charge is 2.01.